The monoisotopic (exact) mass is 518 g/mol. The van der Waals surface area contributed by atoms with Crippen molar-refractivity contribution in [2.75, 3.05) is 17.2 Å². The first-order chi connectivity index (χ1) is 17.9. The van der Waals surface area contributed by atoms with Crippen molar-refractivity contribution in [3.8, 4) is 0 Å². The molecule has 4 amide bonds. The summed E-state index contributed by atoms with van der Waals surface area (Å²) in [4.78, 5) is 24.8. The van der Waals surface area contributed by atoms with E-state index in [-0.39, 0.29) is 10.9 Å². The quantitative estimate of drug-likeness (QED) is 0.367. The zero-order valence-electron chi connectivity index (χ0n) is 20.5. The summed E-state index contributed by atoms with van der Waals surface area (Å²) in [5.74, 6) is 0. The van der Waals surface area contributed by atoms with Crippen LogP contribution >= 0.6 is 0 Å². The average Bonchev–Trinajstić information content (AvgIpc) is 3.54. The highest BCUT2D eigenvalue weighted by molar-refractivity contribution is 7.90. The predicted octanol–water partition coefficient (Wildman–Crippen LogP) is 4.54. The largest absolute Gasteiger partial charge is 0.338 e. The van der Waals surface area contributed by atoms with E-state index in [1.165, 1.54) is 23.3 Å². The number of urea groups is 2. The summed E-state index contributed by atoms with van der Waals surface area (Å²) < 4.78 is 27.9. The van der Waals surface area contributed by atoms with Gasteiger partial charge in [0.2, 0.25) is 0 Å². The predicted molar refractivity (Wildman–Crippen MR) is 143 cm³/mol. The van der Waals surface area contributed by atoms with Crippen molar-refractivity contribution in [3.63, 3.8) is 0 Å². The lowest BCUT2D eigenvalue weighted by Gasteiger charge is -2.16. The molecule has 0 atom stereocenters. The zero-order valence-corrected chi connectivity index (χ0v) is 21.3. The molecule has 0 saturated carbocycles. The van der Waals surface area contributed by atoms with Crippen molar-refractivity contribution in [1.29, 1.82) is 0 Å². The van der Waals surface area contributed by atoms with Crippen LogP contribution in [0.5, 0.6) is 0 Å². The Hall–Kier alpha value is -3.85. The third kappa shape index (κ3) is 5.77. The van der Waals surface area contributed by atoms with E-state index in [0.717, 1.165) is 60.9 Å². The van der Waals surface area contributed by atoms with Crippen molar-refractivity contribution in [1.82, 2.24) is 10.0 Å². The molecule has 0 fully saturated rings. The van der Waals surface area contributed by atoms with Crippen LogP contribution in [-0.4, -0.2) is 27.0 Å². The summed E-state index contributed by atoms with van der Waals surface area (Å²) in [6.07, 6.45) is 6.41. The second kappa shape index (κ2) is 10.6. The Morgan fingerprint density at radius 2 is 1.41 bits per heavy atom. The van der Waals surface area contributed by atoms with Gasteiger partial charge in [-0.25, -0.2) is 22.7 Å². The smallest absolute Gasteiger partial charge is 0.333 e. The molecule has 0 heterocycles. The number of carbonyl (C=O) groups excluding carboxylic acids is 2. The highest BCUT2D eigenvalue weighted by atomic mass is 32.2. The Balaban J connectivity index is 1.16. The van der Waals surface area contributed by atoms with Crippen LogP contribution in [0.3, 0.4) is 0 Å². The lowest BCUT2D eigenvalue weighted by Crippen LogP contribution is -2.35. The van der Waals surface area contributed by atoms with E-state index in [1.54, 1.807) is 24.3 Å². The lowest BCUT2D eigenvalue weighted by atomic mass is 9.99. The Kier molecular flexibility index (Phi) is 7.14. The highest BCUT2D eigenvalue weighted by Crippen LogP contribution is 2.38. The highest BCUT2D eigenvalue weighted by Gasteiger charge is 2.26. The van der Waals surface area contributed by atoms with Crippen LogP contribution in [-0.2, 0) is 42.1 Å². The minimum Gasteiger partial charge on any atom is -0.338 e. The minimum absolute atomic E-state index is 0.00435. The summed E-state index contributed by atoms with van der Waals surface area (Å²) in [6.45, 7) is 0.386. The third-order valence-electron chi connectivity index (χ3n) is 6.90. The molecule has 8 nitrogen and oxygen atoms in total. The molecule has 192 valence electrons. The number of carbonyl (C=O) groups is 2. The van der Waals surface area contributed by atoms with Gasteiger partial charge in [-0.15, -0.1) is 0 Å². The number of nitrogens with one attached hydrogen (secondary N) is 4. The maximum atomic E-state index is 12.9. The number of amides is 4. The molecule has 0 radical (unpaired) electrons. The van der Waals surface area contributed by atoms with E-state index < -0.39 is 16.1 Å². The van der Waals surface area contributed by atoms with Crippen LogP contribution in [0.4, 0.5) is 21.0 Å². The van der Waals surface area contributed by atoms with Gasteiger partial charge < -0.3 is 16.0 Å². The fourth-order valence-corrected chi connectivity index (χ4v) is 6.05. The lowest BCUT2D eigenvalue weighted by molar-refractivity contribution is 0.252. The number of sulfonamides is 1. The SMILES string of the molecule is O=C(NCCc1ccc(S(=O)(=O)NC(=O)Nc2c3c(cc4c2CCC4)CCC3)cc1)Nc1ccccc1. The number of aryl methyl sites for hydroxylation is 2. The van der Waals surface area contributed by atoms with E-state index >= 15 is 0 Å². The molecule has 3 aromatic rings. The van der Waals surface area contributed by atoms with Crippen LogP contribution in [0.1, 0.15) is 40.7 Å². The Bertz CT molecular complexity index is 1390. The number of hydrogen-bond acceptors (Lipinski definition) is 4. The summed E-state index contributed by atoms with van der Waals surface area (Å²) in [5, 5.41) is 8.38. The van der Waals surface area contributed by atoms with Crippen LogP contribution in [0, 0.1) is 0 Å². The number of fused-ring (bicyclic) bond motifs is 2. The third-order valence-corrected chi connectivity index (χ3v) is 8.25. The molecule has 2 aliphatic rings. The molecule has 0 saturated heterocycles. The summed E-state index contributed by atoms with van der Waals surface area (Å²) in [7, 11) is -4.03. The molecule has 0 aromatic heterocycles. The number of benzene rings is 3. The number of rotatable bonds is 7. The molecular weight excluding hydrogens is 488 g/mol. The normalized spacial score (nSPS) is 13.9. The molecule has 9 heteroatoms. The van der Waals surface area contributed by atoms with Gasteiger partial charge >= 0.3 is 12.1 Å². The molecule has 2 aliphatic carbocycles. The van der Waals surface area contributed by atoms with Crippen molar-refractivity contribution in [2.45, 2.75) is 49.8 Å². The van der Waals surface area contributed by atoms with Gasteiger partial charge in [-0.2, -0.15) is 0 Å². The molecule has 0 aliphatic heterocycles. The van der Waals surface area contributed by atoms with Gasteiger partial charge in [-0.3, -0.25) is 0 Å². The van der Waals surface area contributed by atoms with Gasteiger partial charge in [0.25, 0.3) is 10.0 Å². The molecule has 5 rings (SSSR count). The molecule has 4 N–H and O–H groups in total. The van der Waals surface area contributed by atoms with Gasteiger partial charge in [-0.1, -0.05) is 36.4 Å². The van der Waals surface area contributed by atoms with Crippen molar-refractivity contribution >= 4 is 33.5 Å². The molecule has 37 heavy (non-hydrogen) atoms. The molecule has 3 aromatic carbocycles. The molecule has 0 unspecified atom stereocenters. The molecule has 0 bridgehead atoms. The fraction of sp³-hybridized carbons (Fsp3) is 0.286. The van der Waals surface area contributed by atoms with E-state index in [9.17, 15) is 18.0 Å². The second-order valence-electron chi connectivity index (χ2n) is 9.43. The van der Waals surface area contributed by atoms with Gasteiger partial charge in [-0.05, 0) is 97.0 Å². The van der Waals surface area contributed by atoms with Crippen LogP contribution in [0.2, 0.25) is 0 Å². The van der Waals surface area contributed by atoms with E-state index in [0.29, 0.717) is 18.7 Å². The topological polar surface area (TPSA) is 116 Å². The standard InChI is InChI=1S/C28H30N4O4S/c33-27(30-22-8-2-1-3-9-22)29-17-16-19-12-14-23(15-13-19)37(35,36)32-28(34)31-26-24-10-4-6-20(24)18-21-7-5-11-25(21)26/h1-3,8-9,12-15,18H,4-7,10-11,16-17H2,(H2,29,30,33)(H2,31,32,34). The van der Waals surface area contributed by atoms with Crippen molar-refractivity contribution in [2.24, 2.45) is 0 Å². The molecule has 0 spiro atoms. The minimum atomic E-state index is -4.03. The first-order valence-electron chi connectivity index (χ1n) is 12.6. The maximum absolute atomic E-state index is 12.9. The zero-order chi connectivity index (χ0) is 25.8. The van der Waals surface area contributed by atoms with E-state index in [1.807, 2.05) is 18.2 Å². The number of para-hydroxylation sites is 1. The Morgan fingerprint density at radius 3 is 2.05 bits per heavy atom. The fourth-order valence-electron chi connectivity index (χ4n) is 5.14. The first-order valence-corrected chi connectivity index (χ1v) is 14.1. The summed E-state index contributed by atoms with van der Waals surface area (Å²) >= 11 is 0. The summed E-state index contributed by atoms with van der Waals surface area (Å²) in [6, 6.07) is 16.6. The summed E-state index contributed by atoms with van der Waals surface area (Å²) in [5.41, 5.74) is 7.18. The van der Waals surface area contributed by atoms with Crippen molar-refractivity contribution < 1.29 is 18.0 Å². The number of hydrogen-bond donors (Lipinski definition) is 4. The second-order valence-corrected chi connectivity index (χ2v) is 11.1. The van der Waals surface area contributed by atoms with Crippen LogP contribution in [0.15, 0.2) is 65.6 Å². The van der Waals surface area contributed by atoms with E-state index in [4.69, 9.17) is 0 Å². The van der Waals surface area contributed by atoms with Crippen molar-refractivity contribution in [3.05, 3.63) is 88.5 Å². The number of anilines is 2. The maximum Gasteiger partial charge on any atom is 0.333 e. The van der Waals surface area contributed by atoms with Gasteiger partial charge in [0.1, 0.15) is 0 Å². The first kappa shape index (κ1) is 24.8. The van der Waals surface area contributed by atoms with Gasteiger partial charge in [0, 0.05) is 17.9 Å². The molecular formula is C28H30N4O4S. The van der Waals surface area contributed by atoms with Crippen LogP contribution < -0.4 is 20.7 Å². The van der Waals surface area contributed by atoms with Gasteiger partial charge in [0.05, 0.1) is 4.90 Å². The van der Waals surface area contributed by atoms with E-state index in [2.05, 4.69) is 26.7 Å². The Morgan fingerprint density at radius 1 is 0.757 bits per heavy atom. The average molecular weight is 519 g/mol. The van der Waals surface area contributed by atoms with Gasteiger partial charge in [0.15, 0.2) is 0 Å². The van der Waals surface area contributed by atoms with Crippen LogP contribution in [0.25, 0.3) is 0 Å². The Labute approximate surface area is 216 Å².